The van der Waals surface area contributed by atoms with E-state index in [1.807, 2.05) is 17.0 Å². The average molecular weight is 463 g/mol. The van der Waals surface area contributed by atoms with Crippen molar-refractivity contribution in [3.63, 3.8) is 0 Å². The Morgan fingerprint density at radius 1 is 1.09 bits per heavy atom. The van der Waals surface area contributed by atoms with Crippen molar-refractivity contribution in [3.8, 4) is 16.9 Å². The van der Waals surface area contributed by atoms with E-state index >= 15 is 0 Å². The van der Waals surface area contributed by atoms with Gasteiger partial charge in [0.1, 0.15) is 5.75 Å². The monoisotopic (exact) mass is 462 g/mol. The van der Waals surface area contributed by atoms with Gasteiger partial charge in [0.2, 0.25) is 0 Å². The third kappa shape index (κ3) is 3.77. The molecule has 1 N–H and O–H groups in total. The smallest absolute Gasteiger partial charge is 0.408 e. The van der Waals surface area contributed by atoms with Crippen LogP contribution in [-0.2, 0) is 11.2 Å². The van der Waals surface area contributed by atoms with Crippen LogP contribution in [0.25, 0.3) is 11.1 Å². The lowest BCUT2D eigenvalue weighted by Gasteiger charge is -2.52. The van der Waals surface area contributed by atoms with Gasteiger partial charge in [-0.1, -0.05) is 24.3 Å². The number of benzene rings is 2. The number of aryl methyl sites for hydroxylation is 1. The molecular weight excluding hydrogens is 428 g/mol. The van der Waals surface area contributed by atoms with Crippen LogP contribution in [-0.4, -0.2) is 60.6 Å². The molecule has 6 nitrogen and oxygen atoms in total. The highest BCUT2D eigenvalue weighted by molar-refractivity contribution is 5.70. The predicted molar refractivity (Wildman–Crippen MR) is 130 cm³/mol. The summed E-state index contributed by atoms with van der Waals surface area (Å²) >= 11 is 0. The normalized spacial score (nSPS) is 28.4. The number of nitrogens with zero attached hydrogens (tertiary/aromatic N) is 2. The molecule has 1 unspecified atom stereocenters. The Morgan fingerprint density at radius 2 is 1.82 bits per heavy atom. The second kappa shape index (κ2) is 8.58. The first-order valence-corrected chi connectivity index (χ1v) is 12.7. The molecule has 7 rings (SSSR count). The number of carbonyl (C=O) groups is 1. The van der Waals surface area contributed by atoms with Gasteiger partial charge in [-0.3, -0.25) is 4.90 Å². The third-order valence-electron chi connectivity index (χ3n) is 8.81. The van der Waals surface area contributed by atoms with Crippen LogP contribution in [0.2, 0.25) is 0 Å². The van der Waals surface area contributed by atoms with Gasteiger partial charge in [-0.25, -0.2) is 4.79 Å². The topological polar surface area (TPSA) is 62.2 Å². The van der Waals surface area contributed by atoms with Crippen LogP contribution in [0, 0.1) is 11.3 Å². The summed E-state index contributed by atoms with van der Waals surface area (Å²) < 4.78 is 10.5. The van der Waals surface area contributed by atoms with E-state index in [2.05, 4.69) is 35.2 Å². The van der Waals surface area contributed by atoms with Crippen LogP contribution in [0.5, 0.6) is 5.75 Å². The summed E-state index contributed by atoms with van der Waals surface area (Å²) in [4.78, 5) is 17.2. The Labute approximate surface area is 201 Å². The molecule has 2 aliphatic carbocycles. The molecule has 1 saturated carbocycles. The van der Waals surface area contributed by atoms with E-state index in [4.69, 9.17) is 9.47 Å². The number of amides is 1. The minimum Gasteiger partial charge on any atom is -0.468 e. The number of ether oxygens (including phenoxy) is 2. The highest BCUT2D eigenvalue weighted by atomic mass is 16.7. The molecule has 2 aromatic carbocycles. The van der Waals surface area contributed by atoms with Crippen molar-refractivity contribution < 1.29 is 19.4 Å². The summed E-state index contributed by atoms with van der Waals surface area (Å²) in [7, 11) is 1.61. The molecule has 2 aromatic rings. The summed E-state index contributed by atoms with van der Waals surface area (Å²) in [6.45, 7) is 3.36. The SMILES string of the molecule is COCOc1ccc(-c2ccc3c(c2)C(N(C(=O)O)[C@@H]2CN4CCC2CC4)C2(CC3)CC2)cc1. The zero-order valence-electron chi connectivity index (χ0n) is 19.9. The molecule has 180 valence electrons. The second-order valence-corrected chi connectivity index (χ2v) is 10.6. The maximum Gasteiger partial charge on any atom is 0.408 e. The molecule has 4 fully saturated rings. The number of carboxylic acid groups (broad SMARTS) is 1. The van der Waals surface area contributed by atoms with E-state index < -0.39 is 6.09 Å². The largest absolute Gasteiger partial charge is 0.468 e. The minimum absolute atomic E-state index is 0.0384. The molecule has 3 aliphatic heterocycles. The maximum atomic E-state index is 12.9. The van der Waals surface area contributed by atoms with Crippen molar-refractivity contribution >= 4 is 6.09 Å². The fourth-order valence-electron chi connectivity index (χ4n) is 6.80. The summed E-state index contributed by atoms with van der Waals surface area (Å²) in [5, 5.41) is 10.6. The van der Waals surface area contributed by atoms with Crippen molar-refractivity contribution in [2.24, 2.45) is 11.3 Å². The molecule has 3 heterocycles. The Bertz CT molecular complexity index is 1060. The standard InChI is InChI=1S/C28H34N2O4/c1-33-18-34-23-6-4-19(5-7-23)22-3-2-20-8-11-28(12-13-28)26(24(20)16-22)30(27(31)32)25-17-29-14-9-21(25)10-15-29/h2-7,16,21,25-26H,8-15,17-18H2,1H3,(H,31,32)/t25-,26?/m1/s1. The van der Waals surface area contributed by atoms with Crippen molar-refractivity contribution in [3.05, 3.63) is 53.6 Å². The summed E-state index contributed by atoms with van der Waals surface area (Å²) in [5.74, 6) is 1.27. The second-order valence-electron chi connectivity index (χ2n) is 10.6. The van der Waals surface area contributed by atoms with Crippen LogP contribution >= 0.6 is 0 Å². The van der Waals surface area contributed by atoms with Crippen LogP contribution in [0.3, 0.4) is 0 Å². The lowest BCUT2D eigenvalue weighted by Crippen LogP contribution is -2.60. The molecular formula is C28H34N2O4. The van der Waals surface area contributed by atoms with E-state index in [1.165, 1.54) is 11.1 Å². The van der Waals surface area contributed by atoms with E-state index in [1.54, 1.807) is 7.11 Å². The third-order valence-corrected chi connectivity index (χ3v) is 8.81. The zero-order valence-corrected chi connectivity index (χ0v) is 19.9. The van der Waals surface area contributed by atoms with E-state index in [0.717, 1.165) is 75.0 Å². The molecule has 1 spiro atoms. The van der Waals surface area contributed by atoms with Crippen molar-refractivity contribution in [2.75, 3.05) is 33.5 Å². The number of piperidine rings is 3. The Morgan fingerprint density at radius 3 is 2.44 bits per heavy atom. The van der Waals surface area contributed by atoms with Crippen molar-refractivity contribution in [1.82, 2.24) is 9.80 Å². The minimum atomic E-state index is -0.743. The molecule has 3 saturated heterocycles. The fourth-order valence-corrected chi connectivity index (χ4v) is 6.80. The Kier molecular flexibility index (Phi) is 5.53. The number of hydrogen-bond donors (Lipinski definition) is 1. The van der Waals surface area contributed by atoms with Crippen molar-refractivity contribution in [2.45, 2.75) is 50.6 Å². The Balaban J connectivity index is 1.37. The van der Waals surface area contributed by atoms with Crippen LogP contribution in [0.1, 0.15) is 49.3 Å². The first-order valence-electron chi connectivity index (χ1n) is 12.7. The van der Waals surface area contributed by atoms with Gasteiger partial charge < -0.3 is 19.5 Å². The molecule has 0 aromatic heterocycles. The van der Waals surface area contributed by atoms with Gasteiger partial charge in [0.25, 0.3) is 0 Å². The first-order chi connectivity index (χ1) is 16.6. The summed E-state index contributed by atoms with van der Waals surface area (Å²) in [6, 6.07) is 14.8. The number of hydrogen-bond acceptors (Lipinski definition) is 4. The zero-order chi connectivity index (χ0) is 23.3. The van der Waals surface area contributed by atoms with E-state index in [0.29, 0.717) is 5.92 Å². The van der Waals surface area contributed by atoms with Crippen LogP contribution in [0.4, 0.5) is 4.79 Å². The van der Waals surface area contributed by atoms with Crippen molar-refractivity contribution in [1.29, 1.82) is 0 Å². The average Bonchev–Trinajstić information content (AvgIpc) is 3.65. The quantitative estimate of drug-likeness (QED) is 0.600. The molecule has 0 radical (unpaired) electrons. The number of rotatable bonds is 6. The predicted octanol–water partition coefficient (Wildman–Crippen LogP) is 5.18. The fraction of sp³-hybridized carbons (Fsp3) is 0.536. The van der Waals surface area contributed by atoms with Gasteiger partial charge in [0, 0.05) is 13.7 Å². The molecule has 34 heavy (non-hydrogen) atoms. The Hall–Kier alpha value is -2.57. The molecule has 1 amide bonds. The first kappa shape index (κ1) is 21.9. The lowest BCUT2D eigenvalue weighted by molar-refractivity contribution is -0.0243. The molecule has 6 heteroatoms. The van der Waals surface area contributed by atoms with Gasteiger partial charge in [-0.05, 0) is 103 Å². The van der Waals surface area contributed by atoms with Crippen LogP contribution in [0.15, 0.2) is 42.5 Å². The van der Waals surface area contributed by atoms with Gasteiger partial charge in [-0.15, -0.1) is 0 Å². The highest BCUT2D eigenvalue weighted by Gasteiger charge is 2.57. The summed E-state index contributed by atoms with van der Waals surface area (Å²) in [6.07, 6.45) is 5.92. The van der Waals surface area contributed by atoms with Gasteiger partial charge in [0.05, 0.1) is 12.1 Å². The number of methoxy groups -OCH3 is 1. The van der Waals surface area contributed by atoms with Gasteiger partial charge in [0.15, 0.2) is 6.79 Å². The maximum absolute atomic E-state index is 12.9. The molecule has 5 aliphatic rings. The van der Waals surface area contributed by atoms with Crippen LogP contribution < -0.4 is 4.74 Å². The van der Waals surface area contributed by atoms with E-state index in [-0.39, 0.29) is 24.3 Å². The molecule has 2 atom stereocenters. The van der Waals surface area contributed by atoms with Gasteiger partial charge in [-0.2, -0.15) is 0 Å². The van der Waals surface area contributed by atoms with E-state index in [9.17, 15) is 9.90 Å². The summed E-state index contributed by atoms with van der Waals surface area (Å²) in [5.41, 5.74) is 4.93. The number of fused-ring (bicyclic) bond motifs is 4. The van der Waals surface area contributed by atoms with Gasteiger partial charge >= 0.3 is 6.09 Å². The lowest BCUT2D eigenvalue weighted by atomic mass is 9.73. The molecule has 2 bridgehead atoms. The highest BCUT2D eigenvalue weighted by Crippen LogP contribution is 2.64.